The maximum absolute atomic E-state index is 12.5. The molecule has 30 heavy (non-hydrogen) atoms. The Balaban J connectivity index is 1.57. The van der Waals surface area contributed by atoms with Gasteiger partial charge in [0.25, 0.3) is 0 Å². The second-order valence-electron chi connectivity index (χ2n) is 7.67. The average molecular weight is 421 g/mol. The highest BCUT2D eigenvalue weighted by atomic mass is 16.5. The van der Waals surface area contributed by atoms with Gasteiger partial charge in [0, 0.05) is 6.54 Å². The van der Waals surface area contributed by atoms with Crippen LogP contribution in [0.25, 0.3) is 0 Å². The Morgan fingerprint density at radius 1 is 1.07 bits per heavy atom. The lowest BCUT2D eigenvalue weighted by molar-refractivity contribution is -0.146. The molecule has 0 aromatic rings. The van der Waals surface area contributed by atoms with Gasteiger partial charge in [-0.25, -0.2) is 9.59 Å². The van der Waals surface area contributed by atoms with E-state index in [1.165, 1.54) is 4.90 Å². The molecule has 2 fully saturated rings. The van der Waals surface area contributed by atoms with E-state index in [0.29, 0.717) is 12.8 Å². The topological polar surface area (TPSA) is 131 Å². The molecule has 2 N–H and O–H groups in total. The lowest BCUT2D eigenvalue weighted by atomic mass is 9.81. The van der Waals surface area contributed by atoms with Crippen LogP contribution >= 0.6 is 0 Å². The molecule has 10 heteroatoms. The van der Waals surface area contributed by atoms with E-state index in [0.717, 1.165) is 12.8 Å². The number of ether oxygens (including phenoxy) is 2. The fraction of sp³-hybridized carbons (Fsp3) is 0.650. The third-order valence-electron chi connectivity index (χ3n) is 5.71. The fourth-order valence-electron chi connectivity index (χ4n) is 4.27. The minimum Gasteiger partial charge on any atom is -0.463 e. The first-order valence-corrected chi connectivity index (χ1v) is 10.3. The summed E-state index contributed by atoms with van der Waals surface area (Å²) >= 11 is 0. The maximum atomic E-state index is 12.5. The summed E-state index contributed by atoms with van der Waals surface area (Å²) in [4.78, 5) is 62.2. The van der Waals surface area contributed by atoms with Crippen molar-refractivity contribution in [1.82, 2.24) is 15.5 Å². The largest absolute Gasteiger partial charge is 0.463 e. The third-order valence-corrected chi connectivity index (χ3v) is 5.71. The number of carbonyl (C=O) groups excluding carboxylic acids is 5. The monoisotopic (exact) mass is 421 g/mol. The van der Waals surface area contributed by atoms with Crippen molar-refractivity contribution in [3.05, 3.63) is 11.3 Å². The molecular weight excluding hydrogens is 394 g/mol. The van der Waals surface area contributed by atoms with Crippen LogP contribution in [0.15, 0.2) is 11.3 Å². The molecule has 3 unspecified atom stereocenters. The second-order valence-corrected chi connectivity index (χ2v) is 7.67. The average Bonchev–Trinajstić information content (AvgIpc) is 2.95. The molecule has 2 aliphatic heterocycles. The van der Waals surface area contributed by atoms with Crippen LogP contribution in [-0.2, 0) is 28.7 Å². The summed E-state index contributed by atoms with van der Waals surface area (Å²) in [7, 11) is 0. The highest BCUT2D eigenvalue weighted by Crippen LogP contribution is 2.37. The van der Waals surface area contributed by atoms with Crippen molar-refractivity contribution in [2.45, 2.75) is 52.0 Å². The number of imide groups is 1. The third kappa shape index (κ3) is 4.47. The Labute approximate surface area is 174 Å². The van der Waals surface area contributed by atoms with Gasteiger partial charge in [-0.2, -0.15) is 0 Å². The second kappa shape index (κ2) is 9.27. The number of nitrogens with zero attached hydrogens (tertiary/aromatic N) is 1. The van der Waals surface area contributed by atoms with Crippen molar-refractivity contribution in [3.63, 3.8) is 0 Å². The summed E-state index contributed by atoms with van der Waals surface area (Å²) in [6, 6.07) is -1.12. The van der Waals surface area contributed by atoms with Gasteiger partial charge in [0.15, 0.2) is 0 Å². The van der Waals surface area contributed by atoms with E-state index in [1.54, 1.807) is 13.8 Å². The van der Waals surface area contributed by atoms with Crippen LogP contribution in [0.5, 0.6) is 0 Å². The Hall–Kier alpha value is -2.91. The van der Waals surface area contributed by atoms with Gasteiger partial charge in [-0.15, -0.1) is 0 Å². The van der Waals surface area contributed by atoms with Crippen molar-refractivity contribution in [2.75, 3.05) is 19.8 Å². The van der Waals surface area contributed by atoms with Gasteiger partial charge in [0.05, 0.1) is 42.2 Å². The Kier molecular flexibility index (Phi) is 6.73. The number of rotatable bonds is 7. The predicted molar refractivity (Wildman–Crippen MR) is 103 cm³/mol. The van der Waals surface area contributed by atoms with Gasteiger partial charge in [0.1, 0.15) is 6.61 Å². The molecular formula is C20H27N3O7. The molecule has 0 bridgehead atoms. The van der Waals surface area contributed by atoms with Crippen LogP contribution in [0.4, 0.5) is 4.79 Å². The highest BCUT2D eigenvalue weighted by Gasteiger charge is 2.47. The molecule has 0 radical (unpaired) electrons. The van der Waals surface area contributed by atoms with Gasteiger partial charge in [0.2, 0.25) is 11.8 Å². The Morgan fingerprint density at radius 3 is 2.30 bits per heavy atom. The molecule has 1 saturated carbocycles. The summed E-state index contributed by atoms with van der Waals surface area (Å²) in [6.45, 7) is 3.09. The SMILES string of the molecule is CCOC(=O)C1=C(COC(=O)CCN2C(=O)C3CCCCC3C2=O)NC(=O)NC1C. The Morgan fingerprint density at radius 2 is 1.70 bits per heavy atom. The van der Waals surface area contributed by atoms with Crippen LogP contribution in [-0.4, -0.2) is 60.5 Å². The number of carbonyl (C=O) groups is 5. The van der Waals surface area contributed by atoms with Crippen LogP contribution in [0, 0.1) is 11.8 Å². The van der Waals surface area contributed by atoms with Crippen molar-refractivity contribution in [1.29, 1.82) is 0 Å². The summed E-state index contributed by atoms with van der Waals surface area (Å²) in [6.07, 6.45) is 3.15. The molecule has 0 aromatic carbocycles. The number of esters is 2. The predicted octanol–water partition coefficient (Wildman–Crippen LogP) is 0.613. The van der Waals surface area contributed by atoms with Gasteiger partial charge in [-0.1, -0.05) is 12.8 Å². The molecule has 3 rings (SSSR count). The molecule has 4 amide bonds. The van der Waals surface area contributed by atoms with Crippen LogP contribution in [0.2, 0.25) is 0 Å². The van der Waals surface area contributed by atoms with E-state index >= 15 is 0 Å². The highest BCUT2D eigenvalue weighted by molar-refractivity contribution is 6.05. The number of urea groups is 1. The fourth-order valence-corrected chi connectivity index (χ4v) is 4.27. The van der Waals surface area contributed by atoms with Crippen LogP contribution in [0.3, 0.4) is 0 Å². The van der Waals surface area contributed by atoms with Gasteiger partial charge in [-0.3, -0.25) is 19.3 Å². The summed E-state index contributed by atoms with van der Waals surface area (Å²) in [5, 5.41) is 5.02. The smallest absolute Gasteiger partial charge is 0.338 e. The van der Waals surface area contributed by atoms with E-state index in [9.17, 15) is 24.0 Å². The zero-order valence-corrected chi connectivity index (χ0v) is 17.2. The molecule has 2 heterocycles. The van der Waals surface area contributed by atoms with Crippen molar-refractivity contribution in [2.24, 2.45) is 11.8 Å². The molecule has 0 aromatic heterocycles. The quantitative estimate of drug-likeness (QED) is 0.455. The van der Waals surface area contributed by atoms with Crippen molar-refractivity contribution < 1.29 is 33.4 Å². The molecule has 3 atom stereocenters. The molecule has 1 saturated heterocycles. The van der Waals surface area contributed by atoms with E-state index in [1.807, 2.05) is 0 Å². The number of likely N-dealkylation sites (tertiary alicyclic amines) is 1. The van der Waals surface area contributed by atoms with Gasteiger partial charge in [-0.05, 0) is 26.7 Å². The van der Waals surface area contributed by atoms with Crippen LogP contribution < -0.4 is 10.6 Å². The number of hydrogen-bond donors (Lipinski definition) is 2. The van der Waals surface area contributed by atoms with Gasteiger partial charge >= 0.3 is 18.0 Å². The first-order valence-electron chi connectivity index (χ1n) is 10.3. The number of fused-ring (bicyclic) bond motifs is 1. The zero-order chi connectivity index (χ0) is 21.8. The summed E-state index contributed by atoms with van der Waals surface area (Å²) in [5.74, 6) is -2.17. The maximum Gasteiger partial charge on any atom is 0.338 e. The zero-order valence-electron chi connectivity index (χ0n) is 17.2. The van der Waals surface area contributed by atoms with E-state index < -0.39 is 24.0 Å². The first-order chi connectivity index (χ1) is 14.3. The first kappa shape index (κ1) is 21.8. The van der Waals surface area contributed by atoms with Crippen LogP contribution in [0.1, 0.15) is 46.0 Å². The minimum absolute atomic E-state index is 0.0302. The molecule has 164 valence electrons. The summed E-state index contributed by atoms with van der Waals surface area (Å²) in [5.41, 5.74) is 0.329. The standard InChI is InChI=1S/C20H27N3O7/c1-3-29-19(27)16-11(2)21-20(28)22-14(16)10-30-15(24)8-9-23-17(25)12-6-4-5-7-13(12)18(23)26/h11-13H,3-10H2,1-2H3,(H2,21,22,28). The normalized spacial score (nSPS) is 26.1. The molecule has 10 nitrogen and oxygen atoms in total. The lowest BCUT2D eigenvalue weighted by Gasteiger charge is -2.26. The van der Waals surface area contributed by atoms with Crippen molar-refractivity contribution in [3.8, 4) is 0 Å². The van der Waals surface area contributed by atoms with E-state index in [2.05, 4.69) is 10.6 Å². The number of nitrogens with one attached hydrogen (secondary N) is 2. The minimum atomic E-state index is -0.637. The lowest BCUT2D eigenvalue weighted by Crippen LogP contribution is -2.50. The number of hydrogen-bond acceptors (Lipinski definition) is 7. The molecule has 0 spiro atoms. The number of amides is 4. The van der Waals surface area contributed by atoms with E-state index in [4.69, 9.17) is 9.47 Å². The summed E-state index contributed by atoms with van der Waals surface area (Å²) < 4.78 is 10.2. The Bertz CT molecular complexity index is 767. The van der Waals surface area contributed by atoms with E-state index in [-0.39, 0.29) is 61.1 Å². The van der Waals surface area contributed by atoms with Gasteiger partial charge < -0.3 is 20.1 Å². The molecule has 3 aliphatic rings. The molecule has 1 aliphatic carbocycles. The van der Waals surface area contributed by atoms with Crippen molar-refractivity contribution >= 4 is 29.8 Å².